The van der Waals surface area contributed by atoms with Crippen LogP contribution in [0.3, 0.4) is 0 Å². The van der Waals surface area contributed by atoms with Crippen LogP contribution >= 0.6 is 0 Å². The van der Waals surface area contributed by atoms with Gasteiger partial charge in [-0.25, -0.2) is 0 Å². The number of hydrogen-bond acceptors (Lipinski definition) is 3. The van der Waals surface area contributed by atoms with Crippen LogP contribution < -0.4 is 15.4 Å². The number of piperidine rings is 1. The fraction of sp³-hybridized carbons (Fsp3) is 0.588. The van der Waals surface area contributed by atoms with Crippen LogP contribution in [-0.4, -0.2) is 25.6 Å². The maximum atomic E-state index is 12.4. The van der Waals surface area contributed by atoms with E-state index in [4.69, 9.17) is 4.74 Å². The number of nitrogens with one attached hydrogen (secondary N) is 2. The average molecular weight is 290 g/mol. The molecule has 1 amide bonds. The molecule has 1 aromatic carbocycles. The van der Waals surface area contributed by atoms with Gasteiger partial charge in [0, 0.05) is 5.56 Å². The van der Waals surface area contributed by atoms with Crippen molar-refractivity contribution in [2.24, 2.45) is 5.92 Å². The monoisotopic (exact) mass is 290 g/mol. The smallest absolute Gasteiger partial charge is 0.237 e. The predicted octanol–water partition coefficient (Wildman–Crippen LogP) is 2.65. The molecule has 4 heteroatoms. The van der Waals surface area contributed by atoms with Crippen LogP contribution in [0.5, 0.6) is 5.75 Å². The average Bonchev–Trinajstić information content (AvgIpc) is 2.54. The topological polar surface area (TPSA) is 50.4 Å². The van der Waals surface area contributed by atoms with E-state index >= 15 is 0 Å². The molecule has 0 bridgehead atoms. The van der Waals surface area contributed by atoms with Gasteiger partial charge in [0.1, 0.15) is 5.75 Å². The van der Waals surface area contributed by atoms with Gasteiger partial charge >= 0.3 is 0 Å². The molecule has 2 unspecified atom stereocenters. The molecular formula is C17H26N2O2. The lowest BCUT2D eigenvalue weighted by Gasteiger charge is -2.30. The fourth-order valence-electron chi connectivity index (χ4n) is 2.98. The first-order valence-electron chi connectivity index (χ1n) is 7.82. The first-order valence-corrected chi connectivity index (χ1v) is 7.82. The molecule has 0 saturated carbocycles. The van der Waals surface area contributed by atoms with Crippen LogP contribution in [0.1, 0.15) is 44.7 Å². The minimum atomic E-state index is -0.0687. The third-order valence-corrected chi connectivity index (χ3v) is 4.37. The lowest BCUT2D eigenvalue weighted by Crippen LogP contribution is -2.49. The number of ether oxygens (including phenoxy) is 1. The summed E-state index contributed by atoms with van der Waals surface area (Å²) in [6.45, 7) is 5.12. The quantitative estimate of drug-likeness (QED) is 0.876. The summed E-state index contributed by atoms with van der Waals surface area (Å²) >= 11 is 0. The van der Waals surface area contributed by atoms with Gasteiger partial charge in [0.05, 0.1) is 19.2 Å². The van der Waals surface area contributed by atoms with Crippen LogP contribution in [0.25, 0.3) is 0 Å². The van der Waals surface area contributed by atoms with Gasteiger partial charge in [0.15, 0.2) is 0 Å². The van der Waals surface area contributed by atoms with Gasteiger partial charge in [0.2, 0.25) is 5.91 Å². The van der Waals surface area contributed by atoms with Crippen LogP contribution in [0.2, 0.25) is 0 Å². The Labute approximate surface area is 127 Å². The Balaban J connectivity index is 1.98. The largest absolute Gasteiger partial charge is 0.496 e. The second-order valence-electron chi connectivity index (χ2n) is 5.78. The second kappa shape index (κ2) is 7.46. The number of hydrogen-bond donors (Lipinski definition) is 2. The Morgan fingerprint density at radius 3 is 2.95 bits per heavy atom. The number of para-hydroxylation sites is 1. The second-order valence-corrected chi connectivity index (χ2v) is 5.78. The molecule has 1 fully saturated rings. The Hall–Kier alpha value is -1.55. The van der Waals surface area contributed by atoms with Crippen molar-refractivity contribution in [2.45, 2.75) is 45.2 Å². The molecule has 1 aliphatic heterocycles. The summed E-state index contributed by atoms with van der Waals surface area (Å²) in [7, 11) is 1.65. The van der Waals surface area contributed by atoms with Crippen molar-refractivity contribution >= 4 is 5.91 Å². The third kappa shape index (κ3) is 3.97. The van der Waals surface area contributed by atoms with Crippen LogP contribution in [0.4, 0.5) is 0 Å². The first kappa shape index (κ1) is 15.8. The van der Waals surface area contributed by atoms with E-state index in [0.29, 0.717) is 5.92 Å². The summed E-state index contributed by atoms with van der Waals surface area (Å²) in [5.74, 6) is 1.56. The van der Waals surface area contributed by atoms with E-state index < -0.39 is 0 Å². The lowest BCUT2D eigenvalue weighted by atomic mass is 9.90. The normalized spacial score (nSPS) is 23.4. The lowest BCUT2D eigenvalue weighted by molar-refractivity contribution is -0.124. The van der Waals surface area contributed by atoms with E-state index in [1.54, 1.807) is 7.11 Å². The molecule has 1 saturated heterocycles. The molecule has 3 atom stereocenters. The molecule has 1 aromatic rings. The number of rotatable bonds is 5. The summed E-state index contributed by atoms with van der Waals surface area (Å²) in [6.07, 6.45) is 3.25. The van der Waals surface area contributed by atoms with E-state index in [9.17, 15) is 4.79 Å². The van der Waals surface area contributed by atoms with E-state index in [1.807, 2.05) is 31.2 Å². The maximum absolute atomic E-state index is 12.4. The summed E-state index contributed by atoms with van der Waals surface area (Å²) in [5.41, 5.74) is 1.01. The summed E-state index contributed by atoms with van der Waals surface area (Å²) in [5, 5.41) is 6.43. The molecule has 1 aliphatic rings. The van der Waals surface area contributed by atoms with Crippen LogP contribution in [0, 0.1) is 5.92 Å². The van der Waals surface area contributed by atoms with Gasteiger partial charge in [-0.05, 0) is 38.3 Å². The van der Waals surface area contributed by atoms with E-state index in [-0.39, 0.29) is 18.0 Å². The standard InChI is InChI=1S/C17H26N2O2/c1-4-13-9-10-18-15(11-13)17(20)19-12(2)14-7-5-6-8-16(14)21-3/h5-8,12-13,15,18H,4,9-11H2,1-3H3,(H,19,20)/t12-,13?,15?/m0/s1. The van der Waals surface area contributed by atoms with Crippen molar-refractivity contribution in [3.63, 3.8) is 0 Å². The van der Waals surface area contributed by atoms with E-state index in [2.05, 4.69) is 17.6 Å². The molecule has 0 aromatic heterocycles. The predicted molar refractivity (Wildman–Crippen MR) is 84.4 cm³/mol. The minimum absolute atomic E-state index is 0.0579. The summed E-state index contributed by atoms with van der Waals surface area (Å²) < 4.78 is 5.36. The Bertz CT molecular complexity index is 476. The number of carbonyl (C=O) groups excluding carboxylic acids is 1. The van der Waals surface area contributed by atoms with Crippen LogP contribution in [0.15, 0.2) is 24.3 Å². The molecule has 116 valence electrons. The first-order chi connectivity index (χ1) is 10.2. The SMILES string of the molecule is CCC1CCNC(C(=O)N[C@@H](C)c2ccccc2OC)C1. The maximum Gasteiger partial charge on any atom is 0.237 e. The van der Waals surface area contributed by atoms with Gasteiger partial charge in [-0.1, -0.05) is 31.5 Å². The molecule has 1 heterocycles. The Morgan fingerprint density at radius 2 is 2.24 bits per heavy atom. The van der Waals surface area contributed by atoms with Gasteiger partial charge in [-0.2, -0.15) is 0 Å². The number of amides is 1. The number of carbonyl (C=O) groups is 1. The highest BCUT2D eigenvalue weighted by Crippen LogP contribution is 2.25. The summed E-state index contributed by atoms with van der Waals surface area (Å²) in [4.78, 5) is 12.4. The van der Waals surface area contributed by atoms with Gasteiger partial charge in [-0.3, -0.25) is 4.79 Å². The molecule has 0 spiro atoms. The third-order valence-electron chi connectivity index (χ3n) is 4.37. The van der Waals surface area contributed by atoms with E-state index in [0.717, 1.165) is 30.7 Å². The Kier molecular flexibility index (Phi) is 5.62. The molecule has 0 radical (unpaired) electrons. The van der Waals surface area contributed by atoms with Crippen molar-refractivity contribution in [3.05, 3.63) is 29.8 Å². The Morgan fingerprint density at radius 1 is 1.48 bits per heavy atom. The highest BCUT2D eigenvalue weighted by Gasteiger charge is 2.27. The highest BCUT2D eigenvalue weighted by atomic mass is 16.5. The molecule has 2 rings (SSSR count). The van der Waals surface area contributed by atoms with E-state index in [1.165, 1.54) is 6.42 Å². The molecule has 21 heavy (non-hydrogen) atoms. The van der Waals surface area contributed by atoms with Gasteiger partial charge in [-0.15, -0.1) is 0 Å². The van der Waals surface area contributed by atoms with Gasteiger partial charge < -0.3 is 15.4 Å². The van der Waals surface area contributed by atoms with Crippen molar-refractivity contribution in [1.82, 2.24) is 10.6 Å². The van der Waals surface area contributed by atoms with Crippen molar-refractivity contribution in [1.29, 1.82) is 0 Å². The van der Waals surface area contributed by atoms with Crippen LogP contribution in [-0.2, 0) is 4.79 Å². The van der Waals surface area contributed by atoms with Gasteiger partial charge in [0.25, 0.3) is 0 Å². The zero-order valence-corrected chi connectivity index (χ0v) is 13.2. The zero-order chi connectivity index (χ0) is 15.2. The van der Waals surface area contributed by atoms with Crippen molar-refractivity contribution in [2.75, 3.05) is 13.7 Å². The molecular weight excluding hydrogens is 264 g/mol. The molecule has 2 N–H and O–H groups in total. The molecule has 4 nitrogen and oxygen atoms in total. The van der Waals surface area contributed by atoms with Crippen molar-refractivity contribution < 1.29 is 9.53 Å². The molecule has 0 aliphatic carbocycles. The number of benzene rings is 1. The summed E-state index contributed by atoms with van der Waals surface area (Å²) in [6, 6.07) is 7.69. The zero-order valence-electron chi connectivity index (χ0n) is 13.2. The van der Waals surface area contributed by atoms with Crippen molar-refractivity contribution in [3.8, 4) is 5.75 Å². The number of methoxy groups -OCH3 is 1. The fourth-order valence-corrected chi connectivity index (χ4v) is 2.98. The highest BCUT2D eigenvalue weighted by molar-refractivity contribution is 5.82. The minimum Gasteiger partial charge on any atom is -0.496 e.